The summed E-state index contributed by atoms with van der Waals surface area (Å²) in [5, 5.41) is 24.8. The van der Waals surface area contributed by atoms with Crippen LogP contribution < -0.4 is 20.8 Å². The van der Waals surface area contributed by atoms with E-state index in [9.17, 15) is 34.2 Å². The molecule has 4 N–H and O–H groups in total. The van der Waals surface area contributed by atoms with Gasteiger partial charge in [0, 0.05) is 22.9 Å². The molecule has 13 heteroatoms. The molecule has 3 aliphatic heterocycles. The number of rotatable bonds is 7. The van der Waals surface area contributed by atoms with Crippen molar-refractivity contribution in [1.82, 2.24) is 20.1 Å². The number of aromatic nitrogens is 1. The predicted octanol–water partition coefficient (Wildman–Crippen LogP) is 3.03. The van der Waals surface area contributed by atoms with Gasteiger partial charge in [-0.1, -0.05) is 25.0 Å². The van der Waals surface area contributed by atoms with E-state index < -0.39 is 57.4 Å². The van der Waals surface area contributed by atoms with Gasteiger partial charge in [-0.2, -0.15) is 0 Å². The highest BCUT2D eigenvalue weighted by atomic mass is 32.2. The SMILES string of the molecule is COc1cc2c3c(c1)c(=O)c(C(=O)NC(C(=O)NC1C(=O)N4C1SC(C)(C)C4C(=O)O)c1ccc(O)cc1)cn3C1CCCCC21. The molecule has 2 saturated heterocycles. The average Bonchev–Trinajstić information content (AvgIpc) is 3.49. The Balaban J connectivity index is 1.22. The number of pyridine rings is 1. The van der Waals surface area contributed by atoms with Crippen LogP contribution in [0.5, 0.6) is 11.5 Å². The molecule has 0 spiro atoms. The van der Waals surface area contributed by atoms with Gasteiger partial charge in [0.2, 0.25) is 17.2 Å². The molecule has 12 nitrogen and oxygen atoms in total. The van der Waals surface area contributed by atoms with Gasteiger partial charge in [0.25, 0.3) is 5.91 Å². The number of hydrogen-bond donors (Lipinski definition) is 4. The molecule has 4 heterocycles. The number of nitrogens with one attached hydrogen (secondary N) is 2. The van der Waals surface area contributed by atoms with Gasteiger partial charge in [-0.25, -0.2) is 4.79 Å². The summed E-state index contributed by atoms with van der Waals surface area (Å²) in [6.07, 6.45) is 5.57. The number of carbonyl (C=O) groups is 4. The first-order chi connectivity index (χ1) is 21.9. The molecule has 1 aliphatic carbocycles. The highest BCUT2D eigenvalue weighted by molar-refractivity contribution is 8.01. The Hall–Kier alpha value is -4.52. The standard InChI is InChI=1S/C33H34N4O8S/c1-33(2)27(32(43)44)37-30(42)24(31(37)46-33)35-29(41)23(15-8-10-16(38)11-9-15)34-28(40)21-14-36-22-7-5-4-6-18(22)19-12-17(45-3)13-20(25(19)36)26(21)39/h8-14,18,22-24,27,31,38H,4-7H2,1-3H3,(H,34,40)(H,35,41)(H,43,44). The van der Waals surface area contributed by atoms with E-state index in [1.165, 1.54) is 48.0 Å². The Labute approximate surface area is 268 Å². The van der Waals surface area contributed by atoms with Gasteiger partial charge in [0.15, 0.2) is 0 Å². The first-order valence-electron chi connectivity index (χ1n) is 15.3. The van der Waals surface area contributed by atoms with Crippen molar-refractivity contribution in [1.29, 1.82) is 0 Å². The summed E-state index contributed by atoms with van der Waals surface area (Å²) >= 11 is 1.29. The number of nitrogens with zero attached hydrogens (tertiary/aromatic N) is 2. The molecule has 1 saturated carbocycles. The Morgan fingerprint density at radius 1 is 1.09 bits per heavy atom. The topological polar surface area (TPSA) is 167 Å². The van der Waals surface area contributed by atoms with E-state index in [0.29, 0.717) is 16.7 Å². The van der Waals surface area contributed by atoms with Crippen LogP contribution in [0.4, 0.5) is 0 Å². The Bertz CT molecular complexity index is 1870. The zero-order valence-electron chi connectivity index (χ0n) is 25.5. The minimum Gasteiger partial charge on any atom is -0.508 e. The van der Waals surface area contributed by atoms with Crippen molar-refractivity contribution < 1.29 is 34.1 Å². The molecule has 3 aromatic rings. The lowest BCUT2D eigenvalue weighted by molar-refractivity contribution is -0.161. The highest BCUT2D eigenvalue weighted by Crippen LogP contribution is 2.51. The number of phenols is 1. The van der Waals surface area contributed by atoms with Crippen molar-refractivity contribution in [3.63, 3.8) is 0 Å². The van der Waals surface area contributed by atoms with Crippen molar-refractivity contribution in [3.05, 3.63) is 69.5 Å². The first kappa shape index (κ1) is 30.2. The second-order valence-corrected chi connectivity index (χ2v) is 14.7. The number of benzene rings is 2. The zero-order chi connectivity index (χ0) is 32.7. The molecule has 4 aliphatic rings. The minimum absolute atomic E-state index is 0.0501. The summed E-state index contributed by atoms with van der Waals surface area (Å²) in [5.74, 6) is -2.44. The van der Waals surface area contributed by atoms with E-state index in [1.54, 1.807) is 26.1 Å². The van der Waals surface area contributed by atoms with Gasteiger partial charge >= 0.3 is 5.97 Å². The number of carboxylic acids is 1. The second kappa shape index (κ2) is 10.8. The number of phenolic OH excluding ortho intramolecular Hbond substituents is 1. The van der Waals surface area contributed by atoms with E-state index in [1.807, 2.05) is 10.6 Å². The summed E-state index contributed by atoms with van der Waals surface area (Å²) in [6.45, 7) is 3.48. The van der Waals surface area contributed by atoms with E-state index in [0.717, 1.165) is 36.8 Å². The fourth-order valence-corrected chi connectivity index (χ4v) is 9.31. The minimum atomic E-state index is -1.33. The van der Waals surface area contributed by atoms with Crippen LogP contribution >= 0.6 is 11.8 Å². The lowest BCUT2D eigenvalue weighted by Crippen LogP contribution is -2.71. The normalized spacial score (nSPS) is 26.1. The molecule has 240 valence electrons. The maximum Gasteiger partial charge on any atom is 0.327 e. The van der Waals surface area contributed by atoms with Crippen LogP contribution in [0.2, 0.25) is 0 Å². The number of aromatic hydroxyl groups is 1. The number of amides is 3. The number of methoxy groups -OCH3 is 1. The Morgan fingerprint density at radius 2 is 1.80 bits per heavy atom. The summed E-state index contributed by atoms with van der Waals surface area (Å²) in [7, 11) is 1.54. The number of carbonyl (C=O) groups excluding carboxylic acids is 3. The molecular weight excluding hydrogens is 612 g/mol. The van der Waals surface area contributed by atoms with Gasteiger partial charge in [-0.15, -0.1) is 11.8 Å². The molecule has 6 atom stereocenters. The third-order valence-electron chi connectivity index (χ3n) is 9.83. The Morgan fingerprint density at radius 3 is 2.50 bits per heavy atom. The Kier molecular flexibility index (Phi) is 7.07. The monoisotopic (exact) mass is 646 g/mol. The van der Waals surface area contributed by atoms with Crippen LogP contribution in [0, 0.1) is 0 Å². The van der Waals surface area contributed by atoms with Crippen LogP contribution in [0.15, 0.2) is 47.4 Å². The van der Waals surface area contributed by atoms with Crippen LogP contribution in [-0.4, -0.2) is 72.7 Å². The van der Waals surface area contributed by atoms with Gasteiger partial charge in [-0.05, 0) is 62.1 Å². The molecule has 2 aromatic carbocycles. The number of β-lactam (4-membered cyclic amide) rings is 1. The van der Waals surface area contributed by atoms with E-state index in [-0.39, 0.29) is 23.3 Å². The summed E-state index contributed by atoms with van der Waals surface area (Å²) < 4.78 is 6.77. The number of ether oxygens (including phenoxy) is 1. The molecule has 0 bridgehead atoms. The predicted molar refractivity (Wildman–Crippen MR) is 169 cm³/mol. The van der Waals surface area contributed by atoms with Crippen LogP contribution in [0.25, 0.3) is 10.9 Å². The van der Waals surface area contributed by atoms with Crippen LogP contribution in [0.1, 0.15) is 79.0 Å². The molecule has 6 unspecified atom stereocenters. The lowest BCUT2D eigenvalue weighted by Gasteiger charge is -2.44. The van der Waals surface area contributed by atoms with Crippen molar-refractivity contribution in [3.8, 4) is 11.5 Å². The quantitative estimate of drug-likeness (QED) is 0.282. The van der Waals surface area contributed by atoms with Crippen LogP contribution in [-0.2, 0) is 14.4 Å². The molecule has 1 aromatic heterocycles. The molecule has 3 amide bonds. The number of fused-ring (bicyclic) bond motifs is 4. The largest absolute Gasteiger partial charge is 0.508 e. The molecule has 0 radical (unpaired) electrons. The van der Waals surface area contributed by atoms with Crippen molar-refractivity contribution in [2.45, 2.75) is 79.7 Å². The van der Waals surface area contributed by atoms with Gasteiger partial charge in [0.05, 0.1) is 18.0 Å². The molecule has 46 heavy (non-hydrogen) atoms. The second-order valence-electron chi connectivity index (χ2n) is 12.9. The van der Waals surface area contributed by atoms with Crippen LogP contribution in [0.3, 0.4) is 0 Å². The summed E-state index contributed by atoms with van der Waals surface area (Å²) in [6, 6.07) is 6.02. The van der Waals surface area contributed by atoms with Crippen molar-refractivity contribution in [2.24, 2.45) is 0 Å². The first-order valence-corrected chi connectivity index (χ1v) is 16.2. The van der Waals surface area contributed by atoms with E-state index in [4.69, 9.17) is 4.74 Å². The van der Waals surface area contributed by atoms with Gasteiger partial charge in [-0.3, -0.25) is 19.2 Å². The summed E-state index contributed by atoms with van der Waals surface area (Å²) in [5.41, 5.74) is 1.55. The lowest BCUT2D eigenvalue weighted by atomic mass is 9.82. The molecule has 3 fully saturated rings. The van der Waals surface area contributed by atoms with E-state index >= 15 is 0 Å². The number of hydrogen-bond acceptors (Lipinski definition) is 8. The fourth-order valence-electron chi connectivity index (χ4n) is 7.69. The third-order valence-corrected chi connectivity index (χ3v) is 11.4. The average molecular weight is 647 g/mol. The maximum atomic E-state index is 14.0. The summed E-state index contributed by atoms with van der Waals surface area (Å²) in [4.78, 5) is 68.0. The number of carboxylic acid groups (broad SMARTS) is 1. The zero-order valence-corrected chi connectivity index (χ0v) is 26.3. The fraction of sp³-hybridized carbons (Fsp3) is 0.424. The van der Waals surface area contributed by atoms with Crippen molar-refractivity contribution in [2.75, 3.05) is 7.11 Å². The molecular formula is C33H34N4O8S. The van der Waals surface area contributed by atoms with Gasteiger partial charge in [0.1, 0.15) is 40.6 Å². The highest BCUT2D eigenvalue weighted by Gasteiger charge is 2.64. The smallest absolute Gasteiger partial charge is 0.327 e. The number of aliphatic carboxylic acids is 1. The maximum absolute atomic E-state index is 14.0. The van der Waals surface area contributed by atoms with Gasteiger partial charge < -0.3 is 35.1 Å². The van der Waals surface area contributed by atoms with Crippen molar-refractivity contribution >= 4 is 46.4 Å². The number of thioether (sulfide) groups is 1. The van der Waals surface area contributed by atoms with E-state index in [2.05, 4.69) is 10.6 Å². The molecule has 7 rings (SSSR count). The third kappa shape index (κ3) is 4.54.